The van der Waals surface area contributed by atoms with E-state index in [4.69, 9.17) is 0 Å². The molecule has 0 amide bonds. The fourth-order valence-electron chi connectivity index (χ4n) is 7.94. The van der Waals surface area contributed by atoms with Crippen LogP contribution in [0.1, 0.15) is 27.8 Å². The first-order chi connectivity index (χ1) is 23.8. The fraction of sp³-hybridized carbons (Fsp3) is 0.106. The summed E-state index contributed by atoms with van der Waals surface area (Å²) < 4.78 is 4.80. The van der Waals surface area contributed by atoms with Crippen LogP contribution in [0.5, 0.6) is 0 Å². The van der Waals surface area contributed by atoms with Crippen molar-refractivity contribution in [1.82, 2.24) is 9.13 Å². The van der Waals surface area contributed by atoms with E-state index in [1.54, 1.807) is 0 Å². The molecule has 0 aliphatic rings. The van der Waals surface area contributed by atoms with E-state index in [9.17, 15) is 0 Å². The van der Waals surface area contributed by atoms with Gasteiger partial charge in [0.15, 0.2) is 0 Å². The van der Waals surface area contributed by atoms with Crippen LogP contribution in [-0.4, -0.2) is 9.13 Å². The van der Waals surface area contributed by atoms with Gasteiger partial charge in [-0.05, 0) is 141 Å². The first-order valence-electron chi connectivity index (χ1n) is 17.2. The van der Waals surface area contributed by atoms with Crippen molar-refractivity contribution in [3.05, 3.63) is 167 Å². The molecule has 2 heterocycles. The Balaban J connectivity index is 1.12. The molecule has 0 radical (unpaired) electrons. The molecule has 0 bridgehead atoms. The maximum atomic E-state index is 2.42. The highest BCUT2D eigenvalue weighted by Gasteiger charge is 2.16. The van der Waals surface area contributed by atoms with Crippen LogP contribution in [0.25, 0.3) is 77.2 Å². The Morgan fingerprint density at radius 2 is 0.755 bits per heavy atom. The van der Waals surface area contributed by atoms with Gasteiger partial charge in [0, 0.05) is 32.9 Å². The molecular formula is C47H38N2. The second kappa shape index (κ2) is 11.1. The molecule has 0 spiro atoms. The minimum absolute atomic E-state index is 1.18. The number of aromatic nitrogens is 2. The van der Waals surface area contributed by atoms with Gasteiger partial charge in [-0.2, -0.15) is 0 Å². The van der Waals surface area contributed by atoms with Crippen LogP contribution in [0.2, 0.25) is 0 Å². The van der Waals surface area contributed by atoms with Gasteiger partial charge in [0.05, 0.1) is 22.1 Å². The lowest BCUT2D eigenvalue weighted by Gasteiger charge is -2.15. The van der Waals surface area contributed by atoms with Crippen molar-refractivity contribution in [2.75, 3.05) is 0 Å². The van der Waals surface area contributed by atoms with Gasteiger partial charge in [-0.25, -0.2) is 0 Å². The van der Waals surface area contributed by atoms with Crippen LogP contribution < -0.4 is 0 Å². The quantitative estimate of drug-likeness (QED) is 0.183. The molecule has 2 heteroatoms. The lowest BCUT2D eigenvalue weighted by atomic mass is 9.92. The van der Waals surface area contributed by atoms with Crippen LogP contribution in [-0.2, 0) is 0 Å². The number of fused-ring (bicyclic) bond motifs is 6. The monoisotopic (exact) mass is 630 g/mol. The number of aryl methyl sites for hydroxylation is 5. The van der Waals surface area contributed by atoms with Gasteiger partial charge in [0.25, 0.3) is 0 Å². The highest BCUT2D eigenvalue weighted by Crippen LogP contribution is 2.38. The Morgan fingerprint density at radius 1 is 0.327 bits per heavy atom. The molecular weight excluding hydrogens is 593 g/mol. The van der Waals surface area contributed by atoms with Crippen molar-refractivity contribution in [1.29, 1.82) is 0 Å². The Kier molecular flexibility index (Phi) is 6.64. The molecule has 0 N–H and O–H groups in total. The molecule has 0 fully saturated rings. The van der Waals surface area contributed by atoms with Crippen LogP contribution in [0.15, 0.2) is 140 Å². The average molecular weight is 631 g/mol. The van der Waals surface area contributed by atoms with E-state index in [0.717, 1.165) is 0 Å². The molecule has 0 aliphatic heterocycles. The normalized spacial score (nSPS) is 11.8. The summed E-state index contributed by atoms with van der Waals surface area (Å²) in [5.41, 5.74) is 18.8. The summed E-state index contributed by atoms with van der Waals surface area (Å²) in [6.45, 7) is 11.0. The Bertz CT molecular complexity index is 2700. The largest absolute Gasteiger partial charge is 0.309 e. The Labute approximate surface area is 287 Å². The molecule has 7 aromatic carbocycles. The molecule has 9 aromatic rings. The number of rotatable bonds is 4. The maximum absolute atomic E-state index is 2.42. The van der Waals surface area contributed by atoms with Gasteiger partial charge in [0.1, 0.15) is 0 Å². The maximum Gasteiger partial charge on any atom is 0.0541 e. The number of para-hydroxylation sites is 1. The molecule has 0 saturated carbocycles. The van der Waals surface area contributed by atoms with Gasteiger partial charge in [0.2, 0.25) is 0 Å². The predicted octanol–water partition coefficient (Wildman–Crippen LogP) is 12.8. The molecule has 0 aliphatic carbocycles. The SMILES string of the molecule is Cc1ccc2c(c1)c1cc(C)ccc1n2-c1ccc(-c2ccc(-c3ccc4c(c3)c3cc(C)ccc3n4-c3ccccc3)cc2C)c(C)c1. The summed E-state index contributed by atoms with van der Waals surface area (Å²) in [4.78, 5) is 0. The Hall–Kier alpha value is -5.86. The number of hydrogen-bond acceptors (Lipinski definition) is 0. The second-order valence-electron chi connectivity index (χ2n) is 13.8. The molecule has 49 heavy (non-hydrogen) atoms. The average Bonchev–Trinajstić information content (AvgIpc) is 3.60. The number of nitrogens with zero attached hydrogens (tertiary/aromatic N) is 2. The molecule has 2 nitrogen and oxygen atoms in total. The third-order valence-electron chi connectivity index (χ3n) is 10.3. The molecule has 0 unspecified atom stereocenters. The van der Waals surface area contributed by atoms with E-state index in [-0.39, 0.29) is 0 Å². The zero-order valence-electron chi connectivity index (χ0n) is 28.7. The second-order valence-corrected chi connectivity index (χ2v) is 13.8. The van der Waals surface area contributed by atoms with E-state index >= 15 is 0 Å². The molecule has 9 rings (SSSR count). The van der Waals surface area contributed by atoms with E-state index < -0.39 is 0 Å². The van der Waals surface area contributed by atoms with Crippen molar-refractivity contribution >= 4 is 43.6 Å². The van der Waals surface area contributed by atoms with Crippen molar-refractivity contribution in [2.45, 2.75) is 34.6 Å². The van der Waals surface area contributed by atoms with Crippen LogP contribution in [0.4, 0.5) is 0 Å². The third kappa shape index (κ3) is 4.70. The van der Waals surface area contributed by atoms with E-state index in [0.29, 0.717) is 0 Å². The summed E-state index contributed by atoms with van der Waals surface area (Å²) in [5.74, 6) is 0. The van der Waals surface area contributed by atoms with Crippen molar-refractivity contribution in [3.63, 3.8) is 0 Å². The lowest BCUT2D eigenvalue weighted by molar-refractivity contribution is 1.17. The van der Waals surface area contributed by atoms with E-state index in [2.05, 4.69) is 183 Å². The highest BCUT2D eigenvalue weighted by atomic mass is 15.0. The van der Waals surface area contributed by atoms with Crippen molar-refractivity contribution in [3.8, 4) is 33.6 Å². The van der Waals surface area contributed by atoms with Crippen LogP contribution in [0, 0.1) is 34.6 Å². The van der Waals surface area contributed by atoms with Gasteiger partial charge in [-0.3, -0.25) is 0 Å². The minimum Gasteiger partial charge on any atom is -0.309 e. The summed E-state index contributed by atoms with van der Waals surface area (Å²) >= 11 is 0. The fourth-order valence-corrected chi connectivity index (χ4v) is 7.94. The third-order valence-corrected chi connectivity index (χ3v) is 10.3. The first kappa shape index (κ1) is 29.3. The van der Waals surface area contributed by atoms with E-state index in [1.807, 2.05) is 0 Å². The highest BCUT2D eigenvalue weighted by molar-refractivity contribution is 6.11. The molecule has 236 valence electrons. The number of hydrogen-bond donors (Lipinski definition) is 0. The summed E-state index contributed by atoms with van der Waals surface area (Å²) in [7, 11) is 0. The topological polar surface area (TPSA) is 9.86 Å². The summed E-state index contributed by atoms with van der Waals surface area (Å²) in [6.07, 6.45) is 0. The zero-order valence-corrected chi connectivity index (χ0v) is 28.7. The molecule has 2 aromatic heterocycles. The van der Waals surface area contributed by atoms with Crippen molar-refractivity contribution < 1.29 is 0 Å². The number of benzene rings is 7. The minimum atomic E-state index is 1.18. The molecule has 0 saturated heterocycles. The Morgan fingerprint density at radius 3 is 1.29 bits per heavy atom. The molecule has 0 atom stereocenters. The standard InChI is InChI=1S/C47H38N2/c1-29-12-20-45-40(23-29)41-24-30(2)13-21-46(41)49(45)37-16-18-39(33(5)27-37)38-17-14-34(26-32(38)4)35-15-22-47-43(28-35)42-25-31(3)11-19-44(42)48(47)36-9-7-6-8-10-36/h6-28H,1-5H3. The van der Waals surface area contributed by atoms with Gasteiger partial charge in [-0.1, -0.05) is 83.4 Å². The van der Waals surface area contributed by atoms with Gasteiger partial charge < -0.3 is 9.13 Å². The summed E-state index contributed by atoms with van der Waals surface area (Å²) in [6, 6.07) is 51.9. The zero-order chi connectivity index (χ0) is 33.4. The predicted molar refractivity (Wildman–Crippen MR) is 210 cm³/mol. The summed E-state index contributed by atoms with van der Waals surface area (Å²) in [5, 5.41) is 5.19. The smallest absolute Gasteiger partial charge is 0.0541 e. The van der Waals surface area contributed by atoms with Gasteiger partial charge in [-0.15, -0.1) is 0 Å². The lowest BCUT2D eigenvalue weighted by Crippen LogP contribution is -1.96. The van der Waals surface area contributed by atoms with Crippen LogP contribution in [0.3, 0.4) is 0 Å². The van der Waals surface area contributed by atoms with E-state index in [1.165, 1.54) is 105 Å². The van der Waals surface area contributed by atoms with Gasteiger partial charge >= 0.3 is 0 Å². The van der Waals surface area contributed by atoms with Crippen LogP contribution >= 0.6 is 0 Å². The first-order valence-corrected chi connectivity index (χ1v) is 17.2. The van der Waals surface area contributed by atoms with Crippen molar-refractivity contribution in [2.24, 2.45) is 0 Å².